The average molecular weight is 1460 g/mol. The molecular formula is C75H166N12O14. The van der Waals surface area contributed by atoms with Crippen LogP contribution in [0.5, 0.6) is 0 Å². The fourth-order valence-corrected chi connectivity index (χ4v) is 4.65. The van der Waals surface area contributed by atoms with Crippen LogP contribution in [0.25, 0.3) is 0 Å². The SMILES string of the molecule is C.C=CCC.C=O.C=O.C=O.C=O.C=O.C=O.C=O.C=O.C=O.C=O.CC.CC(=O)N(C)[C@@H](Cc1ccccc1)C(=O)N[C@@H](C)C(=O)N1CCCCC1.CC(C)O.CCC(C)C.CCC(C)C.CCC(C)C.CCc1ccccc1.CCc1ccccc1.CN.CN.CN.CN.N.N.N.N.N. The monoisotopic (exact) mass is 1460 g/mol. The topological polar surface area (TPSA) is 540 Å². The zero-order chi connectivity index (χ0) is 80.6. The van der Waals surface area contributed by atoms with Crippen molar-refractivity contribution in [1.29, 1.82) is 0 Å². The summed E-state index contributed by atoms with van der Waals surface area (Å²) >= 11 is 0. The van der Waals surface area contributed by atoms with Crippen LogP contribution in [0.2, 0.25) is 0 Å². The third kappa shape index (κ3) is 188. The molecule has 101 heavy (non-hydrogen) atoms. The number of likely N-dealkylation sites (N-methyl/N-ethyl adjacent to an activating group) is 1. The molecule has 4 rings (SSSR count). The van der Waals surface area contributed by atoms with Crippen LogP contribution in [-0.2, 0) is 81.6 Å². The van der Waals surface area contributed by atoms with E-state index in [0.717, 1.165) is 74.9 Å². The molecule has 3 aromatic carbocycles. The Morgan fingerprint density at radius 2 is 0.663 bits per heavy atom. The molecule has 1 aliphatic heterocycles. The molecular weight excluding hydrogens is 1290 g/mol. The van der Waals surface area contributed by atoms with E-state index in [9.17, 15) is 14.4 Å². The number of rotatable bonds is 12. The van der Waals surface area contributed by atoms with E-state index in [4.69, 9.17) is 53.1 Å². The summed E-state index contributed by atoms with van der Waals surface area (Å²) in [5.41, 5.74) is 21.8. The standard InChI is InChI=1S/C20H29N3O3.2C8H10.3C5H12.C4H8.C3H8O.C2H6.4CH5N.10CH2O.CH4.5H3N/c1-15(20(26)23-12-8-5-9-13-23)21-19(25)18(22(3)16(2)24)14-17-10-6-4-7-11-17;2*1-2-8-6-4-3-5-7-8;3*1-4-5(2)3;1-3-4-2;1-3(2)4;15*1-2;;;;;;/h4,6-7,10-11,15,18H,5,8-9,12-14H2,1-3H3,(H,21,25);2*3-7H,2H2,1H3;3*5H,4H2,1-3H3;3H,1,4H2,2H3;3-4H,1-2H3;1-2H3;4*2H2,1H3;10*1H2;1H4;5*1H3/t15-,18-;;;;;;;;;;;;;;;;;;;;;;;;;;;;/m0............................/s1. The quantitative estimate of drug-likeness (QED) is 0.0750. The number of nitrogens with two attached hydrogens (primary N) is 4. The maximum Gasteiger partial charge on any atom is 0.244 e. The smallest absolute Gasteiger partial charge is 0.244 e. The highest BCUT2D eigenvalue weighted by molar-refractivity contribution is 5.91. The Bertz CT molecular complexity index is 1630. The van der Waals surface area contributed by atoms with Gasteiger partial charge in [-0.15, -0.1) is 6.58 Å². The summed E-state index contributed by atoms with van der Waals surface area (Å²) < 4.78 is 0. The van der Waals surface area contributed by atoms with Crippen molar-refractivity contribution in [3.63, 3.8) is 0 Å². The molecule has 0 radical (unpaired) electrons. The lowest BCUT2D eigenvalue weighted by atomic mass is 10.0. The van der Waals surface area contributed by atoms with Crippen molar-refractivity contribution in [3.8, 4) is 0 Å². The Balaban J connectivity index is -0.0000000288. The lowest BCUT2D eigenvalue weighted by Gasteiger charge is -2.31. The minimum atomic E-state index is -0.647. The number of hydrogen-bond acceptors (Lipinski definition) is 23. The van der Waals surface area contributed by atoms with Crippen LogP contribution in [0.3, 0.4) is 0 Å². The number of hydrogen-bond donors (Lipinski definition) is 11. The average Bonchev–Trinajstić information content (AvgIpc) is 0.864. The van der Waals surface area contributed by atoms with E-state index in [-0.39, 0.29) is 62.0 Å². The van der Waals surface area contributed by atoms with E-state index in [1.807, 2.05) is 135 Å². The van der Waals surface area contributed by atoms with Gasteiger partial charge in [0.1, 0.15) is 80.0 Å². The first kappa shape index (κ1) is 170. The zero-order valence-electron chi connectivity index (χ0n) is 68.0. The van der Waals surface area contributed by atoms with E-state index in [0.29, 0.717) is 6.42 Å². The minimum absolute atomic E-state index is 0. The highest BCUT2D eigenvalue weighted by atomic mass is 16.3. The lowest BCUT2D eigenvalue weighted by Crippen LogP contribution is -2.54. The number of amides is 3. The van der Waals surface area contributed by atoms with Crippen molar-refractivity contribution >= 4 is 85.6 Å². The third-order valence-electron chi connectivity index (χ3n) is 10.2. The van der Waals surface area contributed by atoms with Gasteiger partial charge in [-0.1, -0.05) is 221 Å². The van der Waals surface area contributed by atoms with Gasteiger partial charge in [0.15, 0.2) is 0 Å². The molecule has 3 aromatic rings. The van der Waals surface area contributed by atoms with Gasteiger partial charge in [0.25, 0.3) is 0 Å². The molecule has 1 fully saturated rings. The first-order valence-electron chi connectivity index (χ1n) is 31.1. The van der Waals surface area contributed by atoms with E-state index in [1.54, 1.807) is 27.8 Å². The van der Waals surface area contributed by atoms with Gasteiger partial charge in [0, 0.05) is 39.6 Å². The highest BCUT2D eigenvalue weighted by Crippen LogP contribution is 2.12. The number of carbonyl (C=O) groups excluding carboxylic acids is 13. The number of aryl methyl sites for hydroxylation is 2. The van der Waals surface area contributed by atoms with Crippen LogP contribution in [-0.4, -0.2) is 167 Å². The second-order valence-corrected chi connectivity index (χ2v) is 17.8. The first-order valence-corrected chi connectivity index (χ1v) is 31.1. The van der Waals surface area contributed by atoms with Gasteiger partial charge in [0.05, 0.1) is 0 Å². The number of piperidine rings is 1. The summed E-state index contributed by atoms with van der Waals surface area (Å²) in [4.78, 5) is 120. The van der Waals surface area contributed by atoms with Crippen molar-refractivity contribution in [2.24, 2.45) is 40.7 Å². The molecule has 25 N–H and O–H groups in total. The van der Waals surface area contributed by atoms with E-state index < -0.39 is 12.1 Å². The van der Waals surface area contributed by atoms with Gasteiger partial charge < -0.3 is 122 Å². The van der Waals surface area contributed by atoms with Crippen LogP contribution in [0.4, 0.5) is 0 Å². The molecule has 0 unspecified atom stereocenters. The van der Waals surface area contributed by atoms with Crippen molar-refractivity contribution in [2.75, 3.05) is 48.3 Å². The van der Waals surface area contributed by atoms with E-state index >= 15 is 0 Å². The Kier molecular flexibility index (Phi) is 324. The molecule has 0 aliphatic carbocycles. The summed E-state index contributed by atoms with van der Waals surface area (Å²) in [7, 11) is 7.62. The van der Waals surface area contributed by atoms with Gasteiger partial charge in [-0.05, 0) is 122 Å². The van der Waals surface area contributed by atoms with E-state index in [1.165, 1.54) is 70.4 Å². The van der Waals surface area contributed by atoms with E-state index in [2.05, 4.69) is 166 Å². The van der Waals surface area contributed by atoms with Crippen LogP contribution in [0, 0.1) is 17.8 Å². The Morgan fingerprint density at radius 3 is 0.822 bits per heavy atom. The Morgan fingerprint density at radius 1 is 0.465 bits per heavy atom. The molecule has 1 saturated heterocycles. The maximum absolute atomic E-state index is 12.8. The number of benzene rings is 3. The van der Waals surface area contributed by atoms with Crippen LogP contribution >= 0.6 is 0 Å². The molecule has 1 aliphatic rings. The summed E-state index contributed by atoms with van der Waals surface area (Å²) in [6.45, 7) is 61.9. The second-order valence-electron chi connectivity index (χ2n) is 17.8. The largest absolute Gasteiger partial charge is 0.394 e. The molecule has 0 aromatic heterocycles. The molecule has 26 nitrogen and oxygen atoms in total. The normalized spacial score (nSPS) is 8.42. The molecule has 3 amide bonds. The van der Waals surface area contributed by atoms with Crippen molar-refractivity contribution < 1.29 is 67.4 Å². The number of nitrogens with one attached hydrogen (secondary N) is 1. The Hall–Kier alpha value is -7.89. The molecule has 1 heterocycles. The summed E-state index contributed by atoms with van der Waals surface area (Å²) in [6.07, 6.45) is 12.6. The minimum Gasteiger partial charge on any atom is -0.394 e. The van der Waals surface area contributed by atoms with Gasteiger partial charge in [-0.3, -0.25) is 14.4 Å². The number of aliphatic hydroxyl groups is 1. The summed E-state index contributed by atoms with van der Waals surface area (Å²) in [6, 6.07) is 29.2. The molecule has 610 valence electrons. The highest BCUT2D eigenvalue weighted by Gasteiger charge is 2.29. The van der Waals surface area contributed by atoms with Gasteiger partial charge in [-0.25, -0.2) is 0 Å². The first-order chi connectivity index (χ1) is 45.7. The molecule has 26 heteroatoms. The van der Waals surface area contributed by atoms with Crippen molar-refractivity contribution in [3.05, 3.63) is 120 Å². The van der Waals surface area contributed by atoms with Crippen LogP contribution < -0.4 is 59.0 Å². The Labute approximate surface area is 620 Å². The van der Waals surface area contributed by atoms with Gasteiger partial charge in [-0.2, -0.15) is 0 Å². The van der Waals surface area contributed by atoms with Crippen LogP contribution in [0.15, 0.2) is 104 Å². The van der Waals surface area contributed by atoms with Crippen molar-refractivity contribution in [1.82, 2.24) is 45.9 Å². The number of nitrogens with zero attached hydrogens (tertiary/aromatic N) is 2. The molecule has 2 atom stereocenters. The molecule has 0 saturated carbocycles. The summed E-state index contributed by atoms with van der Waals surface area (Å²) in [5, 5.41) is 10.9. The number of likely N-dealkylation sites (tertiary alicyclic amines) is 1. The lowest BCUT2D eigenvalue weighted by molar-refractivity contribution is -0.140. The maximum atomic E-state index is 12.8. The predicted molar refractivity (Wildman–Crippen MR) is 440 cm³/mol. The van der Waals surface area contributed by atoms with Crippen LogP contribution in [0.1, 0.15) is 194 Å². The van der Waals surface area contributed by atoms with Gasteiger partial charge in [0.2, 0.25) is 17.7 Å². The summed E-state index contributed by atoms with van der Waals surface area (Å²) in [5.74, 6) is 2.11. The predicted octanol–water partition coefficient (Wildman–Crippen LogP) is 13.1. The number of allylic oxidation sites excluding steroid dienone is 1. The third-order valence-corrected chi connectivity index (χ3v) is 10.2. The number of carbonyl (C=O) groups is 13. The van der Waals surface area contributed by atoms with Crippen molar-refractivity contribution in [2.45, 2.75) is 214 Å². The zero-order valence-corrected chi connectivity index (χ0v) is 68.0. The number of aliphatic hydroxyl groups excluding tert-OH is 1. The fraction of sp³-hybridized carbons (Fsp3) is 0.560. The molecule has 0 spiro atoms. The van der Waals surface area contributed by atoms with Gasteiger partial charge >= 0.3 is 0 Å². The second kappa shape index (κ2) is 192. The fourth-order valence-electron chi connectivity index (χ4n) is 4.65. The molecule has 0 bridgehead atoms.